The van der Waals surface area contributed by atoms with Gasteiger partial charge < -0.3 is 25.2 Å². The van der Waals surface area contributed by atoms with Crippen molar-refractivity contribution in [3.8, 4) is 17.2 Å². The number of methoxy groups -OCH3 is 1. The molecule has 0 radical (unpaired) electrons. The molecule has 2 rings (SSSR count). The van der Waals surface area contributed by atoms with E-state index in [0.717, 1.165) is 5.56 Å². The Labute approximate surface area is 183 Å². The molecule has 174 valence electrons. The summed E-state index contributed by atoms with van der Waals surface area (Å²) in [5.74, 6) is -0.365. The van der Waals surface area contributed by atoms with Gasteiger partial charge in [0.1, 0.15) is 5.75 Å². The lowest BCUT2D eigenvalue weighted by Crippen LogP contribution is -2.30. The molecule has 0 unspecified atom stereocenters. The number of hydrogen-bond acceptors (Lipinski definition) is 5. The summed E-state index contributed by atoms with van der Waals surface area (Å²) in [6, 6.07) is 10.5. The molecule has 3 N–H and O–H groups in total. The van der Waals surface area contributed by atoms with E-state index in [0.29, 0.717) is 31.5 Å². The van der Waals surface area contributed by atoms with Gasteiger partial charge in [-0.2, -0.15) is 13.2 Å². The maximum Gasteiger partial charge on any atom is 0.422 e. The summed E-state index contributed by atoms with van der Waals surface area (Å²) in [5.41, 5.74) is 1.06. The molecule has 0 aliphatic rings. The Hall–Kier alpha value is -3.43. The van der Waals surface area contributed by atoms with Crippen molar-refractivity contribution in [1.29, 1.82) is 0 Å². The van der Waals surface area contributed by atoms with Gasteiger partial charge in [0, 0.05) is 25.1 Å². The van der Waals surface area contributed by atoms with Crippen molar-refractivity contribution in [2.75, 3.05) is 26.8 Å². The van der Waals surface area contributed by atoms with Crippen LogP contribution in [0.1, 0.15) is 28.8 Å². The molecule has 2 aromatic carbocycles. The van der Waals surface area contributed by atoms with Gasteiger partial charge in [0.2, 0.25) is 5.91 Å². The topological polar surface area (TPSA) is 96.9 Å². The number of phenols is 1. The monoisotopic (exact) mass is 454 g/mol. The van der Waals surface area contributed by atoms with Crippen LogP contribution in [0.4, 0.5) is 13.2 Å². The number of phenolic OH excluding ortho intramolecular Hbond substituents is 1. The predicted octanol–water partition coefficient (Wildman–Crippen LogP) is 3.21. The number of aryl methyl sites for hydroxylation is 1. The van der Waals surface area contributed by atoms with Crippen molar-refractivity contribution >= 4 is 11.8 Å². The number of amides is 2. The third-order valence-corrected chi connectivity index (χ3v) is 4.33. The normalized spacial score (nSPS) is 11.0. The Bertz CT molecular complexity index is 919. The standard InChI is InChI=1S/C22H25F3N2O5/c1-31-19-12-15(6-8-18(19)32-14-22(23,24)25)7-9-20(29)26-10-3-11-27-21(30)16-4-2-5-17(28)13-16/h2,4-6,8,12-13,28H,3,7,9-11,14H2,1H3,(H,26,29)(H,27,30). The Morgan fingerprint density at radius 3 is 2.47 bits per heavy atom. The average molecular weight is 454 g/mol. The van der Waals surface area contributed by atoms with Crippen LogP contribution in [0.2, 0.25) is 0 Å². The molecular formula is C22H25F3N2O5. The number of alkyl halides is 3. The Morgan fingerprint density at radius 2 is 1.78 bits per heavy atom. The molecule has 0 fully saturated rings. The fourth-order valence-corrected chi connectivity index (χ4v) is 2.76. The molecule has 2 aromatic rings. The van der Waals surface area contributed by atoms with Crippen molar-refractivity contribution in [3.05, 3.63) is 53.6 Å². The number of ether oxygens (including phenoxy) is 2. The van der Waals surface area contributed by atoms with Crippen LogP contribution >= 0.6 is 0 Å². The highest BCUT2D eigenvalue weighted by Gasteiger charge is 2.29. The zero-order chi connectivity index (χ0) is 23.6. The second-order valence-corrected chi connectivity index (χ2v) is 6.90. The molecule has 0 heterocycles. The minimum Gasteiger partial charge on any atom is -0.508 e. The first-order valence-corrected chi connectivity index (χ1v) is 9.88. The second kappa shape index (κ2) is 11.8. The van der Waals surface area contributed by atoms with Crippen molar-refractivity contribution in [1.82, 2.24) is 10.6 Å². The lowest BCUT2D eigenvalue weighted by Gasteiger charge is -2.13. The van der Waals surface area contributed by atoms with Crippen LogP contribution in [0, 0.1) is 0 Å². The molecule has 0 aliphatic heterocycles. The number of benzene rings is 2. The van der Waals surface area contributed by atoms with E-state index in [2.05, 4.69) is 10.6 Å². The molecule has 7 nitrogen and oxygen atoms in total. The first kappa shape index (κ1) is 24.8. The summed E-state index contributed by atoms with van der Waals surface area (Å²) in [4.78, 5) is 23.9. The van der Waals surface area contributed by atoms with Gasteiger partial charge in [-0.1, -0.05) is 12.1 Å². The highest BCUT2D eigenvalue weighted by Crippen LogP contribution is 2.30. The van der Waals surface area contributed by atoms with Crippen molar-refractivity contribution in [3.63, 3.8) is 0 Å². The zero-order valence-corrected chi connectivity index (χ0v) is 17.5. The summed E-state index contributed by atoms with van der Waals surface area (Å²) in [6.07, 6.45) is -3.37. The molecular weight excluding hydrogens is 429 g/mol. The SMILES string of the molecule is COc1cc(CCC(=O)NCCCNC(=O)c2cccc(O)c2)ccc1OCC(F)(F)F. The molecule has 0 aliphatic carbocycles. The van der Waals surface area contributed by atoms with Crippen molar-refractivity contribution in [2.45, 2.75) is 25.4 Å². The first-order valence-electron chi connectivity index (χ1n) is 9.88. The van der Waals surface area contributed by atoms with Crippen LogP contribution in [0.15, 0.2) is 42.5 Å². The lowest BCUT2D eigenvalue weighted by molar-refractivity contribution is -0.153. The smallest absolute Gasteiger partial charge is 0.422 e. The summed E-state index contributed by atoms with van der Waals surface area (Å²) < 4.78 is 46.7. The minimum atomic E-state index is -4.45. The number of aromatic hydroxyl groups is 1. The third kappa shape index (κ3) is 8.75. The van der Waals surface area contributed by atoms with Gasteiger partial charge in [0.15, 0.2) is 18.1 Å². The number of carbonyl (C=O) groups excluding carboxylic acids is 2. The van der Waals surface area contributed by atoms with E-state index in [1.54, 1.807) is 18.2 Å². The van der Waals surface area contributed by atoms with E-state index in [1.807, 2.05) is 0 Å². The van der Waals surface area contributed by atoms with E-state index >= 15 is 0 Å². The lowest BCUT2D eigenvalue weighted by atomic mass is 10.1. The molecule has 0 bridgehead atoms. The number of nitrogens with one attached hydrogen (secondary N) is 2. The number of halogens is 3. The third-order valence-electron chi connectivity index (χ3n) is 4.33. The quantitative estimate of drug-likeness (QED) is 0.453. The number of rotatable bonds is 11. The summed E-state index contributed by atoms with van der Waals surface area (Å²) in [5, 5.41) is 14.8. The minimum absolute atomic E-state index is 0.00556. The van der Waals surface area contributed by atoms with Gasteiger partial charge in [0.05, 0.1) is 7.11 Å². The van der Waals surface area contributed by atoms with Crippen LogP contribution in [0.3, 0.4) is 0 Å². The average Bonchev–Trinajstić information content (AvgIpc) is 2.75. The fourth-order valence-electron chi connectivity index (χ4n) is 2.76. The van der Waals surface area contributed by atoms with Gasteiger partial charge >= 0.3 is 6.18 Å². The summed E-state index contributed by atoms with van der Waals surface area (Å²) in [6.45, 7) is -0.697. The Balaban J connectivity index is 1.68. The molecule has 0 atom stereocenters. The molecule has 32 heavy (non-hydrogen) atoms. The molecule has 0 aromatic heterocycles. The van der Waals surface area contributed by atoms with E-state index < -0.39 is 12.8 Å². The van der Waals surface area contributed by atoms with E-state index in [9.17, 15) is 27.9 Å². The summed E-state index contributed by atoms with van der Waals surface area (Å²) >= 11 is 0. The van der Waals surface area contributed by atoms with E-state index in [4.69, 9.17) is 9.47 Å². The first-order chi connectivity index (χ1) is 15.2. The van der Waals surface area contributed by atoms with Crippen LogP contribution < -0.4 is 20.1 Å². The van der Waals surface area contributed by atoms with Crippen molar-refractivity contribution in [2.24, 2.45) is 0 Å². The van der Waals surface area contributed by atoms with Gasteiger partial charge in [-0.05, 0) is 48.7 Å². The predicted molar refractivity (Wildman–Crippen MR) is 111 cm³/mol. The molecule has 2 amide bonds. The van der Waals surface area contributed by atoms with E-state index in [-0.39, 0.29) is 35.5 Å². The number of carbonyl (C=O) groups is 2. The number of hydrogen-bond donors (Lipinski definition) is 3. The molecule has 10 heteroatoms. The second-order valence-electron chi connectivity index (χ2n) is 6.90. The van der Waals surface area contributed by atoms with Gasteiger partial charge in [0.25, 0.3) is 5.91 Å². The van der Waals surface area contributed by atoms with Gasteiger partial charge in [-0.3, -0.25) is 9.59 Å². The Morgan fingerprint density at radius 1 is 1.03 bits per heavy atom. The molecule has 0 spiro atoms. The fraction of sp³-hybridized carbons (Fsp3) is 0.364. The highest BCUT2D eigenvalue weighted by atomic mass is 19.4. The van der Waals surface area contributed by atoms with Crippen molar-refractivity contribution < 1.29 is 37.3 Å². The molecule has 0 saturated heterocycles. The zero-order valence-electron chi connectivity index (χ0n) is 17.5. The van der Waals surface area contributed by atoms with Crippen LogP contribution in [-0.2, 0) is 11.2 Å². The maximum absolute atomic E-state index is 12.3. The van der Waals surface area contributed by atoms with Crippen LogP contribution in [0.5, 0.6) is 17.2 Å². The van der Waals surface area contributed by atoms with E-state index in [1.165, 1.54) is 31.4 Å². The Kier molecular flexibility index (Phi) is 9.18. The van der Waals surface area contributed by atoms with Crippen LogP contribution in [-0.4, -0.2) is 49.9 Å². The maximum atomic E-state index is 12.3. The van der Waals surface area contributed by atoms with Crippen LogP contribution in [0.25, 0.3) is 0 Å². The van der Waals surface area contributed by atoms with Gasteiger partial charge in [-0.25, -0.2) is 0 Å². The highest BCUT2D eigenvalue weighted by molar-refractivity contribution is 5.94. The summed E-state index contributed by atoms with van der Waals surface area (Å²) in [7, 11) is 1.32. The largest absolute Gasteiger partial charge is 0.508 e. The molecule has 0 saturated carbocycles. The van der Waals surface area contributed by atoms with Gasteiger partial charge in [-0.15, -0.1) is 0 Å².